The van der Waals surface area contributed by atoms with E-state index in [1.165, 1.54) is 29.1 Å². The van der Waals surface area contributed by atoms with Crippen LogP contribution in [0.2, 0.25) is 0 Å². The lowest BCUT2D eigenvalue weighted by molar-refractivity contribution is 0.163. The van der Waals surface area contributed by atoms with Gasteiger partial charge in [0.2, 0.25) is 0 Å². The normalized spacial score (nSPS) is 37.1. The SMILES string of the molecule is C=C=C1C2CC(N(C)C3C=C(C(=C)C)C=C[C@@H]3C)=C(CC)CC2C=C2CC(C3CC(N)C(N)CN3)CCN12. The largest absolute Gasteiger partial charge is 0.371 e. The molecule has 0 radical (unpaired) electrons. The van der Waals surface area contributed by atoms with Gasteiger partial charge in [0.1, 0.15) is 0 Å². The quantitative estimate of drug-likeness (QED) is 0.451. The number of rotatable bonds is 5. The Morgan fingerprint density at radius 2 is 2.00 bits per heavy atom. The van der Waals surface area contributed by atoms with Gasteiger partial charge in [-0.15, -0.1) is 5.73 Å². The number of allylic oxidation sites excluding steroid dienone is 8. The highest BCUT2D eigenvalue weighted by molar-refractivity contribution is 5.42. The molecule has 7 unspecified atom stereocenters. The van der Waals surface area contributed by atoms with Crippen LogP contribution in [-0.2, 0) is 0 Å². The van der Waals surface area contributed by atoms with Gasteiger partial charge in [0.25, 0.3) is 0 Å². The predicted molar refractivity (Wildman–Crippen MR) is 159 cm³/mol. The molecule has 5 rings (SSSR count). The number of nitrogens with one attached hydrogen (secondary N) is 1. The molecular formula is C33H49N5. The molecule has 206 valence electrons. The second-order valence-electron chi connectivity index (χ2n) is 12.5. The molecule has 2 fully saturated rings. The first-order chi connectivity index (χ1) is 18.2. The van der Waals surface area contributed by atoms with Crippen molar-refractivity contribution in [3.05, 3.63) is 77.0 Å². The maximum atomic E-state index is 6.36. The second kappa shape index (κ2) is 11.1. The van der Waals surface area contributed by atoms with E-state index in [1.54, 1.807) is 5.57 Å². The van der Waals surface area contributed by atoms with Gasteiger partial charge in [-0.2, -0.15) is 0 Å². The monoisotopic (exact) mass is 515 g/mol. The van der Waals surface area contributed by atoms with E-state index in [0.717, 1.165) is 50.8 Å². The fourth-order valence-corrected chi connectivity index (χ4v) is 7.67. The molecule has 0 saturated carbocycles. The molecule has 5 aliphatic rings. The summed E-state index contributed by atoms with van der Waals surface area (Å²) in [5.74, 6) is 2.05. The number of nitrogens with zero attached hydrogens (tertiary/aromatic N) is 2. The summed E-state index contributed by atoms with van der Waals surface area (Å²) in [5, 5.41) is 3.71. The van der Waals surface area contributed by atoms with E-state index in [9.17, 15) is 0 Å². The van der Waals surface area contributed by atoms with Crippen LogP contribution in [0, 0.1) is 23.7 Å². The second-order valence-corrected chi connectivity index (χ2v) is 12.5. The number of piperidine rings is 2. The van der Waals surface area contributed by atoms with Crippen LogP contribution in [0.4, 0.5) is 0 Å². The maximum absolute atomic E-state index is 6.36. The van der Waals surface area contributed by atoms with Crippen molar-refractivity contribution >= 4 is 0 Å². The van der Waals surface area contributed by atoms with Gasteiger partial charge in [0.05, 0.1) is 11.7 Å². The third kappa shape index (κ3) is 5.02. The molecule has 0 aromatic carbocycles. The number of fused-ring (bicyclic) bond motifs is 2. The fraction of sp³-hybridized carbons (Fsp3) is 0.606. The van der Waals surface area contributed by atoms with Crippen LogP contribution in [-0.4, -0.2) is 54.1 Å². The average Bonchev–Trinajstić information content (AvgIpc) is 2.91. The van der Waals surface area contributed by atoms with Gasteiger partial charge in [0.15, 0.2) is 0 Å². The van der Waals surface area contributed by atoms with Gasteiger partial charge in [-0.3, -0.25) is 0 Å². The highest BCUT2D eigenvalue weighted by atomic mass is 15.2. The summed E-state index contributed by atoms with van der Waals surface area (Å²) in [7, 11) is 2.30. The zero-order valence-corrected chi connectivity index (χ0v) is 24.0. The van der Waals surface area contributed by atoms with Crippen LogP contribution in [0.5, 0.6) is 0 Å². The van der Waals surface area contributed by atoms with Gasteiger partial charge < -0.3 is 26.6 Å². The number of likely N-dealkylation sites (N-methyl/N-ethyl adjacent to an activating group) is 1. The van der Waals surface area contributed by atoms with Crippen LogP contribution in [0.25, 0.3) is 0 Å². The van der Waals surface area contributed by atoms with Gasteiger partial charge in [-0.05, 0) is 68.8 Å². The zero-order chi connectivity index (χ0) is 27.1. The number of hydrogen-bond donors (Lipinski definition) is 3. The first-order valence-corrected chi connectivity index (χ1v) is 14.8. The van der Waals surface area contributed by atoms with Gasteiger partial charge in [-0.1, -0.05) is 62.5 Å². The van der Waals surface area contributed by atoms with Crippen LogP contribution in [0.1, 0.15) is 59.3 Å². The molecule has 38 heavy (non-hydrogen) atoms. The molecule has 3 heterocycles. The summed E-state index contributed by atoms with van der Waals surface area (Å²) < 4.78 is 0. The molecule has 0 amide bonds. The van der Waals surface area contributed by atoms with Crippen molar-refractivity contribution < 1.29 is 0 Å². The Balaban J connectivity index is 1.39. The van der Waals surface area contributed by atoms with E-state index in [0.29, 0.717) is 35.8 Å². The summed E-state index contributed by atoms with van der Waals surface area (Å²) in [4.78, 5) is 5.12. The molecule has 5 N–H and O–H groups in total. The van der Waals surface area contributed by atoms with E-state index < -0.39 is 0 Å². The Morgan fingerprint density at radius 3 is 2.68 bits per heavy atom. The summed E-state index contributed by atoms with van der Waals surface area (Å²) >= 11 is 0. The van der Waals surface area contributed by atoms with E-state index in [4.69, 9.17) is 11.5 Å². The van der Waals surface area contributed by atoms with Crippen molar-refractivity contribution in [1.82, 2.24) is 15.1 Å². The Hall–Kier alpha value is -2.30. The molecule has 3 aliphatic heterocycles. The van der Waals surface area contributed by atoms with E-state index in [-0.39, 0.29) is 12.1 Å². The predicted octanol–water partition coefficient (Wildman–Crippen LogP) is 4.98. The summed E-state index contributed by atoms with van der Waals surface area (Å²) in [5.41, 5.74) is 24.3. The third-order valence-corrected chi connectivity index (χ3v) is 10.1. The van der Waals surface area contributed by atoms with Crippen molar-refractivity contribution in [1.29, 1.82) is 0 Å². The highest BCUT2D eigenvalue weighted by Crippen LogP contribution is 2.49. The molecule has 0 aromatic rings. The Labute approximate surface area is 230 Å². The lowest BCUT2D eigenvalue weighted by Gasteiger charge is -2.50. The van der Waals surface area contributed by atoms with Gasteiger partial charge >= 0.3 is 0 Å². The first-order valence-electron chi connectivity index (χ1n) is 14.8. The molecule has 0 bridgehead atoms. The maximum Gasteiger partial charge on any atom is 0.0641 e. The summed E-state index contributed by atoms with van der Waals surface area (Å²) in [6, 6.07) is 0.981. The molecular weight excluding hydrogens is 466 g/mol. The smallest absolute Gasteiger partial charge is 0.0641 e. The molecule has 2 aliphatic carbocycles. The molecule has 0 spiro atoms. The minimum absolute atomic E-state index is 0.0700. The van der Waals surface area contributed by atoms with Crippen molar-refractivity contribution in [3.63, 3.8) is 0 Å². The minimum Gasteiger partial charge on any atom is -0.371 e. The Morgan fingerprint density at radius 1 is 1.21 bits per heavy atom. The van der Waals surface area contributed by atoms with Crippen LogP contribution in [0.3, 0.4) is 0 Å². The molecule has 2 saturated heterocycles. The van der Waals surface area contributed by atoms with Crippen molar-refractivity contribution in [2.24, 2.45) is 35.1 Å². The van der Waals surface area contributed by atoms with Crippen molar-refractivity contribution in [2.75, 3.05) is 20.1 Å². The molecule has 5 nitrogen and oxygen atoms in total. The van der Waals surface area contributed by atoms with Gasteiger partial charge in [0, 0.05) is 55.6 Å². The van der Waals surface area contributed by atoms with E-state index in [1.807, 2.05) is 0 Å². The zero-order valence-electron chi connectivity index (χ0n) is 24.0. The van der Waals surface area contributed by atoms with Gasteiger partial charge in [-0.25, -0.2) is 0 Å². The standard InChI is InChI=1S/C33H49N5/c1-7-22-13-25-15-26-14-24(30-18-28(34)29(35)19-36-30)11-12-38(26)31(8-2)27(25)17-33(22)37(6)32-16-23(20(3)4)10-9-21(32)5/h9-10,15-16,21,24-25,27-30,32,36H,2-3,7,11-14,17-19,34-35H2,1,4-6H3/t21-,24?,25?,27?,28?,29?,30?,32?/m0/s1. The van der Waals surface area contributed by atoms with Crippen LogP contribution >= 0.6 is 0 Å². The molecule has 0 aromatic heterocycles. The highest BCUT2D eigenvalue weighted by Gasteiger charge is 2.42. The Bertz CT molecular complexity index is 1120. The Kier molecular flexibility index (Phi) is 7.94. The van der Waals surface area contributed by atoms with Crippen molar-refractivity contribution in [3.8, 4) is 0 Å². The lowest BCUT2D eigenvalue weighted by Crippen LogP contribution is -2.59. The van der Waals surface area contributed by atoms with Crippen LogP contribution < -0.4 is 16.8 Å². The first kappa shape index (κ1) is 27.3. The third-order valence-electron chi connectivity index (χ3n) is 10.1. The average molecular weight is 516 g/mol. The number of hydrogen-bond acceptors (Lipinski definition) is 5. The lowest BCUT2D eigenvalue weighted by atomic mass is 9.70. The van der Waals surface area contributed by atoms with Crippen molar-refractivity contribution in [2.45, 2.75) is 83.5 Å². The fourth-order valence-electron chi connectivity index (χ4n) is 7.67. The summed E-state index contributed by atoms with van der Waals surface area (Å²) in [6.45, 7) is 17.0. The molecule has 8 atom stereocenters. The number of nitrogens with two attached hydrogens (primary N) is 2. The summed E-state index contributed by atoms with van der Waals surface area (Å²) in [6.07, 6.45) is 16.2. The van der Waals surface area contributed by atoms with E-state index >= 15 is 0 Å². The topological polar surface area (TPSA) is 70.5 Å². The van der Waals surface area contributed by atoms with E-state index in [2.05, 4.69) is 86.1 Å². The minimum atomic E-state index is 0.0700. The molecule has 5 heteroatoms. The van der Waals surface area contributed by atoms with Crippen LogP contribution in [0.15, 0.2) is 77.0 Å².